The monoisotopic (exact) mass is 292 g/mol. The summed E-state index contributed by atoms with van der Waals surface area (Å²) < 4.78 is 0.995. The first kappa shape index (κ1) is 11.1. The van der Waals surface area contributed by atoms with Crippen molar-refractivity contribution in [3.8, 4) is 17.2 Å². The van der Waals surface area contributed by atoms with Crippen LogP contribution in [-0.2, 0) is 0 Å². The molecule has 0 saturated carbocycles. The summed E-state index contributed by atoms with van der Waals surface area (Å²) in [5.41, 5.74) is 2.16. The molecule has 1 aromatic heterocycles. The van der Waals surface area contributed by atoms with Crippen molar-refractivity contribution in [3.63, 3.8) is 0 Å². The first-order valence-electron chi connectivity index (χ1n) is 4.53. The fourth-order valence-corrected chi connectivity index (χ4v) is 1.88. The lowest BCUT2D eigenvalue weighted by Crippen LogP contribution is -1.88. The van der Waals surface area contributed by atoms with Crippen LogP contribution in [0.4, 0.5) is 0 Å². The van der Waals surface area contributed by atoms with E-state index in [9.17, 15) is 0 Å². The molecule has 1 aromatic carbocycles. The molecular formula is C12H6BrClN2. The summed E-state index contributed by atoms with van der Waals surface area (Å²) in [6.07, 6.45) is 1.60. The molecule has 2 nitrogen and oxygen atoms in total. The average molecular weight is 294 g/mol. The van der Waals surface area contributed by atoms with Gasteiger partial charge in [-0.3, -0.25) is 0 Å². The van der Waals surface area contributed by atoms with Gasteiger partial charge in [-0.05, 0) is 23.8 Å². The van der Waals surface area contributed by atoms with Gasteiger partial charge in [-0.25, -0.2) is 4.98 Å². The minimum absolute atomic E-state index is 0.239. The molecule has 0 bridgehead atoms. The maximum atomic E-state index is 9.03. The van der Waals surface area contributed by atoms with E-state index in [4.69, 9.17) is 16.9 Å². The van der Waals surface area contributed by atoms with Gasteiger partial charge in [0.15, 0.2) is 0 Å². The number of rotatable bonds is 1. The second-order valence-electron chi connectivity index (χ2n) is 3.14. The van der Waals surface area contributed by atoms with E-state index in [0.717, 1.165) is 15.6 Å². The Labute approximate surface area is 107 Å². The first-order valence-corrected chi connectivity index (χ1v) is 5.70. The van der Waals surface area contributed by atoms with E-state index in [1.54, 1.807) is 12.3 Å². The van der Waals surface area contributed by atoms with Crippen LogP contribution >= 0.6 is 27.5 Å². The molecule has 2 aromatic rings. The number of nitrogens with zero attached hydrogens (tertiary/aromatic N) is 2. The summed E-state index contributed by atoms with van der Waals surface area (Å²) in [5, 5.41) is 9.27. The van der Waals surface area contributed by atoms with E-state index in [2.05, 4.69) is 27.0 Å². The van der Waals surface area contributed by atoms with Crippen LogP contribution in [0.2, 0.25) is 5.15 Å². The topological polar surface area (TPSA) is 36.7 Å². The molecule has 0 saturated heterocycles. The lowest BCUT2D eigenvalue weighted by Gasteiger charge is -2.04. The average Bonchev–Trinajstić information content (AvgIpc) is 2.30. The summed E-state index contributed by atoms with van der Waals surface area (Å²) in [7, 11) is 0. The Morgan fingerprint density at radius 1 is 1.19 bits per heavy atom. The summed E-state index contributed by atoms with van der Waals surface area (Å²) >= 11 is 9.23. The number of hydrogen-bond acceptors (Lipinski definition) is 2. The second kappa shape index (κ2) is 4.65. The number of hydrogen-bond donors (Lipinski definition) is 0. The van der Waals surface area contributed by atoms with E-state index >= 15 is 0 Å². The lowest BCUT2D eigenvalue weighted by molar-refractivity contribution is 1.30. The summed E-state index contributed by atoms with van der Waals surface area (Å²) in [6.45, 7) is 0. The van der Waals surface area contributed by atoms with Gasteiger partial charge < -0.3 is 0 Å². The molecule has 0 N–H and O–H groups in total. The fourth-order valence-electron chi connectivity index (χ4n) is 1.41. The largest absolute Gasteiger partial charge is 0.243 e. The third-order valence-electron chi connectivity index (χ3n) is 2.17. The van der Waals surface area contributed by atoms with Crippen LogP contribution in [0.5, 0.6) is 0 Å². The molecule has 0 spiro atoms. The van der Waals surface area contributed by atoms with Crippen LogP contribution in [-0.4, -0.2) is 4.98 Å². The van der Waals surface area contributed by atoms with Crippen LogP contribution in [0.25, 0.3) is 11.1 Å². The minimum atomic E-state index is 0.239. The van der Waals surface area contributed by atoms with Crippen LogP contribution in [0.1, 0.15) is 5.56 Å². The van der Waals surface area contributed by atoms with Gasteiger partial charge in [-0.2, -0.15) is 5.26 Å². The van der Waals surface area contributed by atoms with E-state index in [0.29, 0.717) is 5.56 Å². The maximum Gasteiger partial charge on any atom is 0.147 e. The van der Waals surface area contributed by atoms with Crippen molar-refractivity contribution in [3.05, 3.63) is 51.7 Å². The quantitative estimate of drug-likeness (QED) is 0.744. The van der Waals surface area contributed by atoms with Gasteiger partial charge in [0.25, 0.3) is 0 Å². The maximum absolute atomic E-state index is 9.03. The first-order chi connectivity index (χ1) is 7.72. The van der Waals surface area contributed by atoms with Gasteiger partial charge in [0.2, 0.25) is 0 Å². The molecule has 0 aliphatic heterocycles. The molecule has 4 heteroatoms. The number of benzene rings is 1. The highest BCUT2D eigenvalue weighted by atomic mass is 79.9. The van der Waals surface area contributed by atoms with Crippen molar-refractivity contribution in [1.82, 2.24) is 4.98 Å². The highest BCUT2D eigenvalue weighted by molar-refractivity contribution is 9.10. The Hall–Kier alpha value is -1.37. The van der Waals surface area contributed by atoms with Crippen molar-refractivity contribution in [2.24, 2.45) is 0 Å². The second-order valence-corrected chi connectivity index (χ2v) is 4.42. The van der Waals surface area contributed by atoms with Crippen LogP contribution < -0.4 is 0 Å². The van der Waals surface area contributed by atoms with E-state index in [1.807, 2.05) is 24.3 Å². The predicted molar refractivity (Wildman–Crippen MR) is 67.1 cm³/mol. The fraction of sp³-hybridized carbons (Fsp3) is 0. The number of pyridine rings is 1. The zero-order valence-electron chi connectivity index (χ0n) is 8.11. The molecule has 0 aliphatic carbocycles. The van der Waals surface area contributed by atoms with Gasteiger partial charge in [-0.15, -0.1) is 0 Å². The molecule has 0 unspecified atom stereocenters. The molecular weight excluding hydrogens is 288 g/mol. The van der Waals surface area contributed by atoms with Crippen molar-refractivity contribution >= 4 is 27.5 Å². The Morgan fingerprint density at radius 3 is 2.50 bits per heavy atom. The summed E-state index contributed by atoms with van der Waals surface area (Å²) in [5.74, 6) is 0. The van der Waals surface area contributed by atoms with Gasteiger partial charge >= 0.3 is 0 Å². The van der Waals surface area contributed by atoms with Crippen molar-refractivity contribution in [2.45, 2.75) is 0 Å². The van der Waals surface area contributed by atoms with Crippen molar-refractivity contribution in [2.75, 3.05) is 0 Å². The third-order valence-corrected chi connectivity index (χ3v) is 2.99. The van der Waals surface area contributed by atoms with E-state index in [1.165, 1.54) is 0 Å². The van der Waals surface area contributed by atoms with E-state index in [-0.39, 0.29) is 5.15 Å². The summed E-state index contributed by atoms with van der Waals surface area (Å²) in [6, 6.07) is 11.6. The molecule has 78 valence electrons. The van der Waals surface area contributed by atoms with Gasteiger partial charge in [0.1, 0.15) is 11.2 Å². The minimum Gasteiger partial charge on any atom is -0.243 e. The molecule has 0 aliphatic rings. The van der Waals surface area contributed by atoms with Crippen LogP contribution in [0.15, 0.2) is 41.0 Å². The Balaban J connectivity index is 2.61. The smallest absolute Gasteiger partial charge is 0.147 e. The molecule has 0 radical (unpaired) electrons. The third kappa shape index (κ3) is 2.08. The van der Waals surface area contributed by atoms with Crippen molar-refractivity contribution in [1.29, 1.82) is 5.26 Å². The molecule has 2 rings (SSSR count). The number of nitriles is 1. The standard InChI is InChI=1S/C12H6BrClN2/c13-9-3-1-8(2-4-9)10-5-6-16-12(14)11(10)7-15/h1-6H. The zero-order valence-corrected chi connectivity index (χ0v) is 10.5. The number of halogens is 2. The lowest BCUT2D eigenvalue weighted by atomic mass is 10.0. The van der Waals surface area contributed by atoms with E-state index < -0.39 is 0 Å². The Morgan fingerprint density at radius 2 is 1.88 bits per heavy atom. The van der Waals surface area contributed by atoms with Crippen LogP contribution in [0, 0.1) is 11.3 Å². The van der Waals surface area contributed by atoms with Gasteiger partial charge in [0.05, 0.1) is 5.56 Å². The molecule has 16 heavy (non-hydrogen) atoms. The summed E-state index contributed by atoms with van der Waals surface area (Å²) in [4.78, 5) is 3.89. The molecule has 0 atom stereocenters. The SMILES string of the molecule is N#Cc1c(-c2ccc(Br)cc2)ccnc1Cl. The van der Waals surface area contributed by atoms with Crippen LogP contribution in [0.3, 0.4) is 0 Å². The zero-order chi connectivity index (χ0) is 11.5. The predicted octanol–water partition coefficient (Wildman–Crippen LogP) is 4.04. The van der Waals surface area contributed by atoms with Crippen molar-refractivity contribution < 1.29 is 0 Å². The van der Waals surface area contributed by atoms with Gasteiger partial charge in [-0.1, -0.05) is 39.7 Å². The number of aromatic nitrogens is 1. The molecule has 0 fully saturated rings. The molecule has 1 heterocycles. The Bertz CT molecular complexity index is 558. The van der Waals surface area contributed by atoms with Gasteiger partial charge in [0, 0.05) is 16.2 Å². The highest BCUT2D eigenvalue weighted by Gasteiger charge is 2.08. The Kier molecular flexibility index (Phi) is 3.23. The highest BCUT2D eigenvalue weighted by Crippen LogP contribution is 2.27. The normalized spacial score (nSPS) is 9.81. The molecule has 0 amide bonds.